The molecule has 2 aromatic rings. The standard InChI is InChI=1S/C20H20N2O4S/c1-26-16-8-6-15(7-9-16)19-22-17(12-27-19)18(24)21(20(22)25)10-13-2-4-14(11-23)5-3-13/h2-9,11,17-19,24H,10,12H2,1H3/t17-,18+,19?/m0/s1. The van der Waals surface area contributed by atoms with Crippen LogP contribution in [-0.2, 0) is 6.54 Å². The smallest absolute Gasteiger partial charge is 0.324 e. The Morgan fingerprint density at radius 1 is 1.19 bits per heavy atom. The number of nitrogens with zero attached hydrogens (tertiary/aromatic N) is 2. The van der Waals surface area contributed by atoms with Gasteiger partial charge >= 0.3 is 6.03 Å². The number of amides is 2. The fourth-order valence-electron chi connectivity index (χ4n) is 3.55. The molecule has 2 heterocycles. The van der Waals surface area contributed by atoms with Gasteiger partial charge in [-0.25, -0.2) is 4.79 Å². The second kappa shape index (κ2) is 7.25. The number of thioether (sulfide) groups is 1. The Kier molecular flexibility index (Phi) is 4.80. The molecule has 2 aromatic carbocycles. The van der Waals surface area contributed by atoms with E-state index in [1.54, 1.807) is 35.9 Å². The Bertz CT molecular complexity index is 840. The molecule has 3 atom stereocenters. The molecule has 2 amide bonds. The van der Waals surface area contributed by atoms with Crippen LogP contribution in [0, 0.1) is 0 Å². The van der Waals surface area contributed by atoms with Crippen LogP contribution in [0.3, 0.4) is 0 Å². The molecule has 1 N–H and O–H groups in total. The summed E-state index contributed by atoms with van der Waals surface area (Å²) in [6, 6.07) is 14.3. The third-order valence-electron chi connectivity index (χ3n) is 5.03. The van der Waals surface area contributed by atoms with Gasteiger partial charge in [0.05, 0.1) is 19.7 Å². The van der Waals surface area contributed by atoms with Crippen molar-refractivity contribution in [2.75, 3.05) is 12.9 Å². The van der Waals surface area contributed by atoms with Crippen molar-refractivity contribution in [2.45, 2.75) is 24.2 Å². The van der Waals surface area contributed by atoms with Crippen LogP contribution < -0.4 is 4.74 Å². The summed E-state index contributed by atoms with van der Waals surface area (Å²) in [7, 11) is 1.62. The van der Waals surface area contributed by atoms with Crippen LogP contribution in [0.5, 0.6) is 5.75 Å². The van der Waals surface area contributed by atoms with Gasteiger partial charge in [0.2, 0.25) is 0 Å². The van der Waals surface area contributed by atoms with E-state index < -0.39 is 6.23 Å². The zero-order valence-corrected chi connectivity index (χ0v) is 15.6. The topological polar surface area (TPSA) is 70.1 Å². The molecule has 27 heavy (non-hydrogen) atoms. The molecule has 0 aliphatic carbocycles. The first-order valence-corrected chi connectivity index (χ1v) is 9.74. The van der Waals surface area contributed by atoms with Crippen molar-refractivity contribution < 1.29 is 19.4 Å². The lowest BCUT2D eigenvalue weighted by Gasteiger charge is -2.24. The van der Waals surface area contributed by atoms with Crippen molar-refractivity contribution in [3.63, 3.8) is 0 Å². The van der Waals surface area contributed by atoms with Gasteiger partial charge in [-0.2, -0.15) is 0 Å². The molecule has 0 bridgehead atoms. The van der Waals surface area contributed by atoms with Crippen LogP contribution in [0.25, 0.3) is 0 Å². The lowest BCUT2D eigenvalue weighted by Crippen LogP contribution is -2.36. The summed E-state index contributed by atoms with van der Waals surface area (Å²) in [6.45, 7) is 0.312. The van der Waals surface area contributed by atoms with E-state index in [4.69, 9.17) is 4.74 Å². The molecule has 4 rings (SSSR count). The number of ether oxygens (including phenoxy) is 1. The first kappa shape index (κ1) is 17.9. The quantitative estimate of drug-likeness (QED) is 0.803. The molecule has 7 heteroatoms. The van der Waals surface area contributed by atoms with Gasteiger partial charge in [0.25, 0.3) is 0 Å². The van der Waals surface area contributed by atoms with Gasteiger partial charge in [-0.05, 0) is 23.3 Å². The SMILES string of the molecule is COc1ccc(C2SC[C@H]3[C@@H](O)N(Cc4ccc(C=O)cc4)C(=O)N23)cc1. The number of aliphatic hydroxyl groups excluding tert-OH is 1. The fraction of sp³-hybridized carbons (Fsp3) is 0.300. The van der Waals surface area contributed by atoms with Crippen LogP contribution in [0.15, 0.2) is 48.5 Å². The summed E-state index contributed by atoms with van der Waals surface area (Å²) >= 11 is 1.66. The number of hydrogen-bond acceptors (Lipinski definition) is 5. The molecule has 2 aliphatic heterocycles. The van der Waals surface area contributed by atoms with Crippen LogP contribution in [0.4, 0.5) is 4.79 Å². The lowest BCUT2D eigenvalue weighted by molar-refractivity contribution is 0.0363. The summed E-state index contributed by atoms with van der Waals surface area (Å²) in [6.07, 6.45) is -0.0640. The number of methoxy groups -OCH3 is 1. The number of aldehydes is 1. The number of rotatable bonds is 5. The summed E-state index contributed by atoms with van der Waals surface area (Å²) in [4.78, 5) is 27.1. The van der Waals surface area contributed by atoms with Gasteiger partial charge in [0.1, 0.15) is 17.4 Å². The largest absolute Gasteiger partial charge is 0.497 e. The van der Waals surface area contributed by atoms with Crippen LogP contribution in [0.2, 0.25) is 0 Å². The Hall–Kier alpha value is -2.51. The third-order valence-corrected chi connectivity index (χ3v) is 6.38. The zero-order chi connectivity index (χ0) is 19.0. The van der Waals surface area contributed by atoms with Crippen LogP contribution in [-0.4, -0.2) is 52.4 Å². The number of hydrogen-bond donors (Lipinski definition) is 1. The van der Waals surface area contributed by atoms with E-state index in [9.17, 15) is 14.7 Å². The number of aliphatic hydroxyl groups is 1. The maximum absolute atomic E-state index is 13.0. The molecule has 2 saturated heterocycles. The second-order valence-electron chi connectivity index (χ2n) is 6.62. The van der Waals surface area contributed by atoms with Gasteiger partial charge in [0.15, 0.2) is 6.23 Å². The number of carbonyl (C=O) groups excluding carboxylic acids is 2. The van der Waals surface area contributed by atoms with Gasteiger partial charge in [0, 0.05) is 11.3 Å². The highest BCUT2D eigenvalue weighted by Gasteiger charge is 2.52. The summed E-state index contributed by atoms with van der Waals surface area (Å²) in [5.41, 5.74) is 2.48. The van der Waals surface area contributed by atoms with E-state index >= 15 is 0 Å². The number of benzene rings is 2. The van der Waals surface area contributed by atoms with Crippen LogP contribution in [0.1, 0.15) is 26.9 Å². The van der Waals surface area contributed by atoms with Crippen molar-refractivity contribution in [2.24, 2.45) is 0 Å². The predicted molar refractivity (Wildman–Crippen MR) is 103 cm³/mol. The number of urea groups is 1. The van der Waals surface area contributed by atoms with E-state index in [-0.39, 0.29) is 17.4 Å². The predicted octanol–water partition coefficient (Wildman–Crippen LogP) is 2.88. The minimum Gasteiger partial charge on any atom is -0.497 e. The van der Waals surface area contributed by atoms with Gasteiger partial charge in [-0.3, -0.25) is 9.69 Å². The van der Waals surface area contributed by atoms with Gasteiger partial charge < -0.3 is 14.7 Å². The van der Waals surface area contributed by atoms with E-state index in [0.717, 1.165) is 23.2 Å². The highest BCUT2D eigenvalue weighted by atomic mass is 32.2. The maximum Gasteiger partial charge on any atom is 0.324 e. The van der Waals surface area contributed by atoms with Crippen molar-refractivity contribution in [1.29, 1.82) is 0 Å². The number of fused-ring (bicyclic) bond motifs is 1. The Morgan fingerprint density at radius 3 is 2.52 bits per heavy atom. The molecular formula is C20H20N2O4S. The number of carbonyl (C=O) groups is 2. The van der Waals surface area contributed by atoms with E-state index in [0.29, 0.717) is 17.9 Å². The molecule has 0 saturated carbocycles. The molecule has 1 unspecified atom stereocenters. The molecular weight excluding hydrogens is 364 g/mol. The van der Waals surface area contributed by atoms with E-state index in [1.807, 2.05) is 36.4 Å². The average Bonchev–Trinajstić information content (AvgIpc) is 3.25. The Balaban J connectivity index is 1.54. The minimum absolute atomic E-state index is 0.120. The molecule has 140 valence electrons. The highest BCUT2D eigenvalue weighted by molar-refractivity contribution is 7.99. The summed E-state index contributed by atoms with van der Waals surface area (Å²) < 4.78 is 5.20. The second-order valence-corrected chi connectivity index (χ2v) is 7.73. The molecule has 0 radical (unpaired) electrons. The first-order chi connectivity index (χ1) is 13.1. The fourth-order valence-corrected chi connectivity index (χ4v) is 5.02. The van der Waals surface area contributed by atoms with Crippen molar-refractivity contribution in [1.82, 2.24) is 9.80 Å². The monoisotopic (exact) mass is 384 g/mol. The normalized spacial score (nSPS) is 24.2. The van der Waals surface area contributed by atoms with Crippen molar-refractivity contribution in [3.8, 4) is 5.75 Å². The lowest BCUT2D eigenvalue weighted by atomic mass is 10.1. The minimum atomic E-state index is -0.848. The van der Waals surface area contributed by atoms with E-state index in [2.05, 4.69) is 0 Å². The third kappa shape index (κ3) is 3.17. The molecule has 2 fully saturated rings. The highest BCUT2D eigenvalue weighted by Crippen LogP contribution is 2.46. The van der Waals surface area contributed by atoms with Gasteiger partial charge in [-0.1, -0.05) is 36.4 Å². The average molecular weight is 384 g/mol. The van der Waals surface area contributed by atoms with Gasteiger partial charge in [-0.15, -0.1) is 11.8 Å². The first-order valence-electron chi connectivity index (χ1n) is 8.69. The maximum atomic E-state index is 13.0. The Morgan fingerprint density at radius 2 is 1.89 bits per heavy atom. The summed E-state index contributed by atoms with van der Waals surface area (Å²) in [5, 5.41) is 10.6. The zero-order valence-electron chi connectivity index (χ0n) is 14.8. The molecule has 6 nitrogen and oxygen atoms in total. The Labute approximate surface area is 161 Å². The van der Waals surface area contributed by atoms with E-state index in [1.165, 1.54) is 4.90 Å². The van der Waals surface area contributed by atoms with Crippen molar-refractivity contribution >= 4 is 24.1 Å². The van der Waals surface area contributed by atoms with Crippen LogP contribution >= 0.6 is 11.8 Å². The molecule has 0 aromatic heterocycles. The molecule has 2 aliphatic rings. The molecule has 0 spiro atoms. The summed E-state index contributed by atoms with van der Waals surface area (Å²) in [5.74, 6) is 1.45. The van der Waals surface area contributed by atoms with Crippen molar-refractivity contribution in [3.05, 3.63) is 65.2 Å².